The van der Waals surface area contributed by atoms with E-state index in [0.717, 1.165) is 11.6 Å². The van der Waals surface area contributed by atoms with E-state index in [2.05, 4.69) is 15.9 Å². The molecule has 0 atom stereocenters. The van der Waals surface area contributed by atoms with Crippen LogP contribution in [0.15, 0.2) is 53.0 Å². The zero-order chi connectivity index (χ0) is 13.9. The molecule has 0 aliphatic heterocycles. The van der Waals surface area contributed by atoms with Gasteiger partial charge in [-0.1, -0.05) is 36.4 Å². The highest BCUT2D eigenvalue weighted by Crippen LogP contribution is 2.40. The van der Waals surface area contributed by atoms with Crippen molar-refractivity contribution in [3.05, 3.63) is 64.1 Å². The molecule has 0 unspecified atom stereocenters. The molecule has 2 rings (SSSR count). The van der Waals surface area contributed by atoms with E-state index >= 15 is 0 Å². The molecule has 19 heavy (non-hydrogen) atoms. The Balaban J connectivity index is 2.25. The van der Waals surface area contributed by atoms with Gasteiger partial charge in [0.2, 0.25) is 0 Å². The molecule has 2 aromatic rings. The monoisotopic (exact) mass is 330 g/mol. The Kier molecular flexibility index (Phi) is 4.14. The van der Waals surface area contributed by atoms with Gasteiger partial charge >= 0.3 is 6.18 Å². The lowest BCUT2D eigenvalue weighted by atomic mass is 10.2. The van der Waals surface area contributed by atoms with Crippen LogP contribution in [0.3, 0.4) is 0 Å². The summed E-state index contributed by atoms with van der Waals surface area (Å²) in [6, 6.07) is 12.9. The van der Waals surface area contributed by atoms with Gasteiger partial charge in [0.1, 0.15) is 12.4 Å². The van der Waals surface area contributed by atoms with E-state index in [9.17, 15) is 13.2 Å². The average Bonchev–Trinajstić information content (AvgIpc) is 2.37. The Bertz CT molecular complexity index is 552. The Morgan fingerprint density at radius 2 is 1.63 bits per heavy atom. The van der Waals surface area contributed by atoms with Crippen LogP contribution in [0.1, 0.15) is 11.1 Å². The van der Waals surface area contributed by atoms with Crippen LogP contribution in [0, 0.1) is 0 Å². The van der Waals surface area contributed by atoms with Crippen molar-refractivity contribution < 1.29 is 17.9 Å². The summed E-state index contributed by atoms with van der Waals surface area (Å²) in [5, 5.41) is 0. The quantitative estimate of drug-likeness (QED) is 0.765. The number of para-hydroxylation sites is 1. The largest absolute Gasteiger partial charge is 0.487 e. The van der Waals surface area contributed by atoms with Crippen LogP contribution in [0.4, 0.5) is 13.2 Å². The molecule has 0 amide bonds. The molecule has 1 nitrogen and oxygen atoms in total. The van der Waals surface area contributed by atoms with Gasteiger partial charge in [-0.3, -0.25) is 0 Å². The van der Waals surface area contributed by atoms with Gasteiger partial charge in [0.05, 0.1) is 10.0 Å². The molecule has 5 heteroatoms. The third-order valence-electron chi connectivity index (χ3n) is 2.50. The second-order valence-electron chi connectivity index (χ2n) is 3.89. The van der Waals surface area contributed by atoms with Crippen molar-refractivity contribution >= 4 is 15.9 Å². The third kappa shape index (κ3) is 3.50. The molecular formula is C14H10BrF3O. The first-order valence-corrected chi connectivity index (χ1v) is 6.30. The first-order valence-electron chi connectivity index (χ1n) is 5.51. The lowest BCUT2D eigenvalue weighted by molar-refractivity contribution is -0.139. The highest BCUT2D eigenvalue weighted by Gasteiger charge is 2.35. The molecule has 0 fully saturated rings. The summed E-state index contributed by atoms with van der Waals surface area (Å²) in [4.78, 5) is 0. The molecule has 0 spiro atoms. The molecule has 2 aromatic carbocycles. The van der Waals surface area contributed by atoms with Crippen LogP contribution in [0.2, 0.25) is 0 Å². The number of hydrogen-bond acceptors (Lipinski definition) is 1. The molecule has 0 saturated carbocycles. The minimum absolute atomic E-state index is 0.0898. The van der Waals surface area contributed by atoms with E-state index in [4.69, 9.17) is 4.74 Å². The summed E-state index contributed by atoms with van der Waals surface area (Å²) in [5.74, 6) is -0.182. The number of benzene rings is 2. The molecule has 0 aliphatic rings. The van der Waals surface area contributed by atoms with E-state index < -0.39 is 11.7 Å². The normalized spacial score (nSPS) is 11.4. The molecule has 0 N–H and O–H groups in total. The van der Waals surface area contributed by atoms with Crippen LogP contribution in [0.5, 0.6) is 5.75 Å². The van der Waals surface area contributed by atoms with Crippen LogP contribution in [0.25, 0.3) is 0 Å². The molecule has 0 bridgehead atoms. The molecule has 100 valence electrons. The minimum atomic E-state index is -4.43. The zero-order valence-corrected chi connectivity index (χ0v) is 11.3. The zero-order valence-electron chi connectivity index (χ0n) is 9.75. The van der Waals surface area contributed by atoms with Gasteiger partial charge < -0.3 is 4.74 Å². The first-order chi connectivity index (χ1) is 8.98. The molecule has 0 radical (unpaired) electrons. The SMILES string of the molecule is FC(F)(F)c1cccc(Br)c1OCc1ccccc1. The fourth-order valence-corrected chi connectivity index (χ4v) is 2.09. The van der Waals surface area contributed by atoms with Crippen molar-refractivity contribution in [3.63, 3.8) is 0 Å². The van der Waals surface area contributed by atoms with Gasteiger partial charge in [-0.05, 0) is 33.6 Å². The molecule has 0 aliphatic carbocycles. The molecule has 0 saturated heterocycles. The summed E-state index contributed by atoms with van der Waals surface area (Å²) in [7, 11) is 0. The topological polar surface area (TPSA) is 9.23 Å². The average molecular weight is 331 g/mol. The maximum Gasteiger partial charge on any atom is 0.420 e. The highest BCUT2D eigenvalue weighted by atomic mass is 79.9. The van der Waals surface area contributed by atoms with Crippen molar-refractivity contribution in [3.8, 4) is 5.75 Å². The van der Waals surface area contributed by atoms with Crippen LogP contribution < -0.4 is 4.74 Å². The second-order valence-corrected chi connectivity index (χ2v) is 4.74. The number of hydrogen-bond donors (Lipinski definition) is 0. The van der Waals surface area contributed by atoms with Crippen molar-refractivity contribution in [1.29, 1.82) is 0 Å². The van der Waals surface area contributed by atoms with Crippen molar-refractivity contribution in [2.24, 2.45) is 0 Å². The van der Waals surface area contributed by atoms with Crippen LogP contribution in [-0.2, 0) is 12.8 Å². The predicted molar refractivity (Wildman–Crippen MR) is 69.9 cm³/mol. The standard InChI is InChI=1S/C14H10BrF3O/c15-12-8-4-7-11(14(16,17)18)13(12)19-9-10-5-2-1-3-6-10/h1-8H,9H2. The summed E-state index contributed by atoms with van der Waals surface area (Å²) in [6.45, 7) is 0.0898. The van der Waals surface area contributed by atoms with Crippen molar-refractivity contribution in [2.75, 3.05) is 0 Å². The van der Waals surface area contributed by atoms with E-state index in [-0.39, 0.29) is 12.4 Å². The second kappa shape index (κ2) is 5.65. The van der Waals surface area contributed by atoms with E-state index in [1.54, 1.807) is 12.1 Å². The summed E-state index contributed by atoms with van der Waals surface area (Å²) in [6.07, 6.45) is -4.43. The number of rotatable bonds is 3. The van der Waals surface area contributed by atoms with Crippen molar-refractivity contribution in [1.82, 2.24) is 0 Å². The van der Waals surface area contributed by atoms with Gasteiger partial charge in [0.25, 0.3) is 0 Å². The van der Waals surface area contributed by atoms with Gasteiger partial charge in [-0.15, -0.1) is 0 Å². The minimum Gasteiger partial charge on any atom is -0.487 e. The number of ether oxygens (including phenoxy) is 1. The Morgan fingerprint density at radius 1 is 0.947 bits per heavy atom. The summed E-state index contributed by atoms with van der Waals surface area (Å²) < 4.78 is 44.2. The lowest BCUT2D eigenvalue weighted by Gasteiger charge is -2.15. The maximum absolute atomic E-state index is 12.9. The lowest BCUT2D eigenvalue weighted by Crippen LogP contribution is -2.09. The smallest absolute Gasteiger partial charge is 0.420 e. The van der Waals surface area contributed by atoms with E-state index in [0.29, 0.717) is 4.47 Å². The first kappa shape index (κ1) is 13.9. The van der Waals surface area contributed by atoms with Gasteiger partial charge in [0, 0.05) is 0 Å². The fourth-order valence-electron chi connectivity index (χ4n) is 1.61. The number of halogens is 4. The van der Waals surface area contributed by atoms with Crippen LogP contribution in [-0.4, -0.2) is 0 Å². The van der Waals surface area contributed by atoms with Crippen molar-refractivity contribution in [2.45, 2.75) is 12.8 Å². The van der Waals surface area contributed by atoms with E-state index in [1.807, 2.05) is 18.2 Å². The van der Waals surface area contributed by atoms with Gasteiger partial charge in [-0.2, -0.15) is 13.2 Å². The maximum atomic E-state index is 12.9. The fraction of sp³-hybridized carbons (Fsp3) is 0.143. The molecule has 0 aromatic heterocycles. The Morgan fingerprint density at radius 3 is 2.26 bits per heavy atom. The van der Waals surface area contributed by atoms with Gasteiger partial charge in [0.15, 0.2) is 0 Å². The Labute approximate surface area is 117 Å². The van der Waals surface area contributed by atoms with Gasteiger partial charge in [-0.25, -0.2) is 0 Å². The third-order valence-corrected chi connectivity index (χ3v) is 3.12. The summed E-state index contributed by atoms with van der Waals surface area (Å²) >= 11 is 3.09. The van der Waals surface area contributed by atoms with E-state index in [1.165, 1.54) is 12.1 Å². The molecular weight excluding hydrogens is 321 g/mol. The predicted octanol–water partition coefficient (Wildman–Crippen LogP) is 5.05. The highest BCUT2D eigenvalue weighted by molar-refractivity contribution is 9.10. The Hall–Kier alpha value is -1.49. The summed E-state index contributed by atoms with van der Waals surface area (Å²) in [5.41, 5.74) is 0.0317. The van der Waals surface area contributed by atoms with Crippen LogP contribution >= 0.6 is 15.9 Å². The molecule has 0 heterocycles. The number of alkyl halides is 3.